The van der Waals surface area contributed by atoms with Crippen molar-refractivity contribution in [2.24, 2.45) is 0 Å². The Morgan fingerprint density at radius 2 is 2.10 bits per heavy atom. The van der Waals surface area contributed by atoms with E-state index in [4.69, 9.17) is 9.47 Å². The van der Waals surface area contributed by atoms with Gasteiger partial charge in [0.05, 0.1) is 12.2 Å². The lowest BCUT2D eigenvalue weighted by Crippen LogP contribution is -2.40. The van der Waals surface area contributed by atoms with Crippen LogP contribution in [0.25, 0.3) is 0 Å². The number of hydrogen-bond acceptors (Lipinski definition) is 3. The van der Waals surface area contributed by atoms with E-state index in [1.54, 1.807) is 0 Å². The fraction of sp³-hybridized carbons (Fsp3) is 0.647. The molecule has 1 aromatic carbocycles. The van der Waals surface area contributed by atoms with Gasteiger partial charge in [0.1, 0.15) is 11.9 Å². The maximum absolute atomic E-state index is 6.23. The van der Waals surface area contributed by atoms with Crippen molar-refractivity contribution in [3.63, 3.8) is 0 Å². The third-order valence-electron chi connectivity index (χ3n) is 4.42. The van der Waals surface area contributed by atoms with E-state index in [1.165, 1.54) is 11.1 Å². The first-order valence-electron chi connectivity index (χ1n) is 7.83. The molecule has 2 aliphatic heterocycles. The molecule has 0 radical (unpaired) electrons. The van der Waals surface area contributed by atoms with Gasteiger partial charge in [-0.1, -0.05) is 24.6 Å². The highest BCUT2D eigenvalue weighted by Gasteiger charge is 2.36. The molecule has 1 N–H and O–H groups in total. The first kappa shape index (κ1) is 13.9. The van der Waals surface area contributed by atoms with Crippen molar-refractivity contribution >= 4 is 0 Å². The molecule has 0 spiro atoms. The molecule has 0 amide bonds. The van der Waals surface area contributed by atoms with Gasteiger partial charge in [-0.3, -0.25) is 0 Å². The number of fused-ring (bicyclic) bond motifs is 1. The van der Waals surface area contributed by atoms with Crippen LogP contribution in [-0.4, -0.2) is 24.9 Å². The zero-order valence-corrected chi connectivity index (χ0v) is 12.7. The first-order chi connectivity index (χ1) is 9.67. The van der Waals surface area contributed by atoms with Gasteiger partial charge in [0.2, 0.25) is 0 Å². The maximum Gasteiger partial charge on any atom is 0.127 e. The van der Waals surface area contributed by atoms with Crippen molar-refractivity contribution in [1.82, 2.24) is 5.32 Å². The highest BCUT2D eigenvalue weighted by atomic mass is 16.6. The van der Waals surface area contributed by atoms with E-state index < -0.39 is 0 Å². The number of ether oxygens (including phenoxy) is 2. The Labute approximate surface area is 121 Å². The summed E-state index contributed by atoms with van der Waals surface area (Å²) in [5.74, 6) is 1.03. The largest absolute Gasteiger partial charge is 0.487 e. The lowest BCUT2D eigenvalue weighted by atomic mass is 9.92. The average Bonchev–Trinajstić information content (AvgIpc) is 2.86. The highest BCUT2D eigenvalue weighted by molar-refractivity contribution is 5.41. The molecular weight excluding hydrogens is 250 g/mol. The smallest absolute Gasteiger partial charge is 0.127 e. The summed E-state index contributed by atoms with van der Waals surface area (Å²) in [6.45, 7) is 7.43. The number of benzene rings is 1. The molecule has 20 heavy (non-hydrogen) atoms. The summed E-state index contributed by atoms with van der Waals surface area (Å²) in [7, 11) is 0. The Morgan fingerprint density at radius 3 is 2.80 bits per heavy atom. The summed E-state index contributed by atoms with van der Waals surface area (Å²) >= 11 is 0. The van der Waals surface area contributed by atoms with Crippen LogP contribution in [0.2, 0.25) is 0 Å². The Balaban J connectivity index is 1.83. The lowest BCUT2D eigenvalue weighted by Gasteiger charge is -2.35. The Hall–Kier alpha value is -1.06. The molecule has 110 valence electrons. The van der Waals surface area contributed by atoms with E-state index in [-0.39, 0.29) is 12.2 Å². The van der Waals surface area contributed by atoms with Crippen molar-refractivity contribution in [3.05, 3.63) is 29.3 Å². The van der Waals surface area contributed by atoms with Crippen molar-refractivity contribution in [2.75, 3.05) is 6.54 Å². The second-order valence-electron chi connectivity index (χ2n) is 6.11. The van der Waals surface area contributed by atoms with Crippen LogP contribution in [0.5, 0.6) is 5.75 Å². The van der Waals surface area contributed by atoms with Gasteiger partial charge in [0.15, 0.2) is 0 Å². The molecule has 0 aromatic heterocycles. The van der Waals surface area contributed by atoms with Gasteiger partial charge in [0.25, 0.3) is 0 Å². The fourth-order valence-electron chi connectivity index (χ4n) is 3.39. The zero-order valence-electron chi connectivity index (χ0n) is 12.7. The van der Waals surface area contributed by atoms with Crippen LogP contribution in [0.4, 0.5) is 0 Å². The van der Waals surface area contributed by atoms with Crippen LogP contribution in [0.1, 0.15) is 50.3 Å². The Bertz CT molecular complexity index is 474. The van der Waals surface area contributed by atoms with Crippen molar-refractivity contribution in [1.29, 1.82) is 0 Å². The van der Waals surface area contributed by atoms with E-state index in [0.29, 0.717) is 12.1 Å². The summed E-state index contributed by atoms with van der Waals surface area (Å²) in [5.41, 5.74) is 2.59. The highest BCUT2D eigenvalue weighted by Crippen LogP contribution is 2.38. The Morgan fingerprint density at radius 1 is 1.25 bits per heavy atom. The first-order valence-corrected chi connectivity index (χ1v) is 7.83. The Kier molecular flexibility index (Phi) is 3.99. The van der Waals surface area contributed by atoms with E-state index in [2.05, 4.69) is 44.3 Å². The number of hydrogen-bond donors (Lipinski definition) is 1. The number of aryl methyl sites for hydroxylation is 1. The molecule has 1 saturated heterocycles. The molecule has 1 fully saturated rings. The SMILES string of the molecule is CCNC1CC(C2CCC(C)O2)Oc2ccc(C)cc21. The molecule has 2 heterocycles. The second kappa shape index (κ2) is 5.74. The van der Waals surface area contributed by atoms with Crippen LogP contribution in [0, 0.1) is 6.92 Å². The topological polar surface area (TPSA) is 30.5 Å². The minimum absolute atomic E-state index is 0.180. The molecule has 4 unspecified atom stereocenters. The third kappa shape index (κ3) is 2.70. The molecule has 0 bridgehead atoms. The van der Waals surface area contributed by atoms with Crippen LogP contribution in [-0.2, 0) is 4.74 Å². The molecule has 3 heteroatoms. The maximum atomic E-state index is 6.23. The standard InChI is InChI=1S/C17H25NO2/c1-4-18-14-10-17(16-8-6-12(3)19-16)20-15-7-5-11(2)9-13(14)15/h5,7,9,12,14,16-18H,4,6,8,10H2,1-3H3. The van der Waals surface area contributed by atoms with Gasteiger partial charge in [-0.05, 0) is 39.3 Å². The molecule has 1 aromatic rings. The number of nitrogens with one attached hydrogen (secondary N) is 1. The van der Waals surface area contributed by atoms with Gasteiger partial charge >= 0.3 is 0 Å². The third-order valence-corrected chi connectivity index (χ3v) is 4.42. The summed E-state index contributed by atoms with van der Waals surface area (Å²) in [6, 6.07) is 6.87. The summed E-state index contributed by atoms with van der Waals surface area (Å²) in [6.07, 6.45) is 4.07. The van der Waals surface area contributed by atoms with E-state index in [1.807, 2.05) is 0 Å². The van der Waals surface area contributed by atoms with Crippen molar-refractivity contribution in [2.45, 2.75) is 64.4 Å². The van der Waals surface area contributed by atoms with E-state index >= 15 is 0 Å². The molecule has 4 atom stereocenters. The van der Waals surface area contributed by atoms with Crippen LogP contribution in [0.15, 0.2) is 18.2 Å². The van der Waals surface area contributed by atoms with Gasteiger partial charge < -0.3 is 14.8 Å². The second-order valence-corrected chi connectivity index (χ2v) is 6.11. The average molecular weight is 275 g/mol. The monoisotopic (exact) mass is 275 g/mol. The van der Waals surface area contributed by atoms with Crippen molar-refractivity contribution in [3.8, 4) is 5.75 Å². The van der Waals surface area contributed by atoms with Crippen LogP contribution < -0.4 is 10.1 Å². The molecule has 3 nitrogen and oxygen atoms in total. The predicted molar refractivity (Wildman–Crippen MR) is 80.2 cm³/mol. The van der Waals surface area contributed by atoms with Gasteiger partial charge in [0, 0.05) is 18.0 Å². The van der Waals surface area contributed by atoms with Gasteiger partial charge in [-0.15, -0.1) is 0 Å². The van der Waals surface area contributed by atoms with Gasteiger partial charge in [-0.2, -0.15) is 0 Å². The molecular formula is C17H25NO2. The fourth-order valence-corrected chi connectivity index (χ4v) is 3.39. The molecule has 3 rings (SSSR count). The van der Waals surface area contributed by atoms with Crippen molar-refractivity contribution < 1.29 is 9.47 Å². The quantitative estimate of drug-likeness (QED) is 0.917. The molecule has 2 aliphatic rings. The molecule has 0 aliphatic carbocycles. The zero-order chi connectivity index (χ0) is 14.1. The molecule has 0 saturated carbocycles. The minimum Gasteiger partial charge on any atom is -0.487 e. The van der Waals surface area contributed by atoms with Crippen LogP contribution in [0.3, 0.4) is 0 Å². The lowest BCUT2D eigenvalue weighted by molar-refractivity contribution is -0.0299. The minimum atomic E-state index is 0.180. The number of rotatable bonds is 3. The summed E-state index contributed by atoms with van der Waals surface area (Å²) in [4.78, 5) is 0. The van der Waals surface area contributed by atoms with Crippen LogP contribution >= 0.6 is 0 Å². The van der Waals surface area contributed by atoms with E-state index in [0.717, 1.165) is 31.6 Å². The normalized spacial score (nSPS) is 32.8. The summed E-state index contributed by atoms with van der Waals surface area (Å²) in [5, 5.41) is 3.60. The van der Waals surface area contributed by atoms with E-state index in [9.17, 15) is 0 Å². The predicted octanol–water partition coefficient (Wildman–Crippen LogP) is 3.36. The summed E-state index contributed by atoms with van der Waals surface area (Å²) < 4.78 is 12.2. The van der Waals surface area contributed by atoms with Gasteiger partial charge in [-0.25, -0.2) is 0 Å².